The Morgan fingerprint density at radius 3 is 2.81 bits per heavy atom. The van der Waals surface area contributed by atoms with Crippen LogP contribution < -0.4 is 5.32 Å². The molecule has 2 rings (SSSR count). The summed E-state index contributed by atoms with van der Waals surface area (Å²) in [5, 5.41) is 3.67. The first-order chi connectivity index (χ1) is 10.1. The molecule has 0 radical (unpaired) electrons. The maximum atomic E-state index is 11.8. The minimum atomic E-state index is 0.0580. The van der Waals surface area contributed by atoms with Gasteiger partial charge in [0.25, 0.3) is 0 Å². The summed E-state index contributed by atoms with van der Waals surface area (Å²) in [5.41, 5.74) is 3.13. The molecule has 0 aliphatic rings. The zero-order chi connectivity index (χ0) is 15.1. The molecule has 0 fully saturated rings. The molecule has 0 unspecified atom stereocenters. The molecule has 0 bridgehead atoms. The van der Waals surface area contributed by atoms with Crippen LogP contribution in [0.2, 0.25) is 5.02 Å². The van der Waals surface area contributed by atoms with E-state index in [0.29, 0.717) is 19.4 Å². The van der Waals surface area contributed by atoms with Gasteiger partial charge in [0, 0.05) is 36.3 Å². The van der Waals surface area contributed by atoms with Crippen LogP contribution in [0.4, 0.5) is 0 Å². The summed E-state index contributed by atoms with van der Waals surface area (Å²) < 4.78 is 0. The highest BCUT2D eigenvalue weighted by Crippen LogP contribution is 2.17. The van der Waals surface area contributed by atoms with Crippen LogP contribution in [0, 0.1) is 6.92 Å². The number of amides is 1. The first-order valence-corrected chi connectivity index (χ1v) is 7.44. The molecule has 110 valence electrons. The van der Waals surface area contributed by atoms with E-state index >= 15 is 0 Å². The molecule has 0 saturated heterocycles. The fourth-order valence-corrected chi connectivity index (χ4v) is 2.22. The third-order valence-corrected chi connectivity index (χ3v) is 3.71. The third-order valence-electron chi connectivity index (χ3n) is 3.31. The van der Waals surface area contributed by atoms with Gasteiger partial charge < -0.3 is 5.32 Å². The van der Waals surface area contributed by atoms with E-state index in [4.69, 9.17) is 11.6 Å². The van der Waals surface area contributed by atoms with E-state index in [1.54, 1.807) is 6.20 Å². The number of nitrogens with one attached hydrogen (secondary N) is 1. The molecular formula is C17H19ClN2O. The predicted molar refractivity (Wildman–Crippen MR) is 85.5 cm³/mol. The summed E-state index contributed by atoms with van der Waals surface area (Å²) in [6, 6.07) is 11.7. The lowest BCUT2D eigenvalue weighted by atomic mass is 10.1. The number of halogens is 1. The monoisotopic (exact) mass is 302 g/mol. The van der Waals surface area contributed by atoms with Crippen molar-refractivity contribution in [2.24, 2.45) is 0 Å². The van der Waals surface area contributed by atoms with Gasteiger partial charge in [0.2, 0.25) is 5.91 Å². The highest BCUT2D eigenvalue weighted by atomic mass is 35.5. The van der Waals surface area contributed by atoms with Crippen LogP contribution in [0.15, 0.2) is 42.6 Å². The summed E-state index contributed by atoms with van der Waals surface area (Å²) in [4.78, 5) is 16.0. The molecule has 0 spiro atoms. The van der Waals surface area contributed by atoms with Crippen LogP contribution in [0.3, 0.4) is 0 Å². The number of hydrogen-bond acceptors (Lipinski definition) is 2. The number of aryl methyl sites for hydroxylation is 2. The lowest BCUT2D eigenvalue weighted by Crippen LogP contribution is -2.26. The van der Waals surface area contributed by atoms with Crippen molar-refractivity contribution in [3.05, 3.63) is 64.4 Å². The number of benzene rings is 1. The number of hydrogen-bond donors (Lipinski definition) is 1. The van der Waals surface area contributed by atoms with E-state index in [1.165, 1.54) is 0 Å². The molecule has 21 heavy (non-hydrogen) atoms. The molecule has 0 saturated carbocycles. The van der Waals surface area contributed by atoms with Crippen LogP contribution in [0.1, 0.15) is 23.2 Å². The maximum absolute atomic E-state index is 11.8. The van der Waals surface area contributed by atoms with E-state index in [1.807, 2.05) is 43.3 Å². The summed E-state index contributed by atoms with van der Waals surface area (Å²) in [5.74, 6) is 0.0580. The van der Waals surface area contributed by atoms with Crippen LogP contribution in [0.25, 0.3) is 0 Å². The largest absolute Gasteiger partial charge is 0.356 e. The number of aromatic nitrogens is 1. The number of rotatable bonds is 6. The summed E-state index contributed by atoms with van der Waals surface area (Å²) >= 11 is 6.07. The second-order valence-electron chi connectivity index (χ2n) is 5.00. The molecule has 1 amide bonds. The molecule has 0 aliphatic heterocycles. The second-order valence-corrected chi connectivity index (χ2v) is 5.41. The van der Waals surface area contributed by atoms with Crippen molar-refractivity contribution in [3.8, 4) is 0 Å². The quantitative estimate of drug-likeness (QED) is 0.889. The minimum Gasteiger partial charge on any atom is -0.356 e. The minimum absolute atomic E-state index is 0.0580. The SMILES string of the molecule is Cc1ccc(CCC(=O)NCCc2ccccn2)cc1Cl. The van der Waals surface area contributed by atoms with Crippen molar-refractivity contribution >= 4 is 17.5 Å². The Labute approximate surface area is 130 Å². The van der Waals surface area contributed by atoms with Crippen molar-refractivity contribution < 1.29 is 4.79 Å². The fraction of sp³-hybridized carbons (Fsp3) is 0.294. The van der Waals surface area contributed by atoms with Crippen molar-refractivity contribution in [3.63, 3.8) is 0 Å². The highest BCUT2D eigenvalue weighted by Gasteiger charge is 2.04. The molecule has 1 aromatic heterocycles. The summed E-state index contributed by atoms with van der Waals surface area (Å²) in [7, 11) is 0. The summed E-state index contributed by atoms with van der Waals surface area (Å²) in [6.07, 6.45) is 3.69. The van der Waals surface area contributed by atoms with Crippen LogP contribution in [-0.2, 0) is 17.6 Å². The van der Waals surface area contributed by atoms with Gasteiger partial charge in [-0.15, -0.1) is 0 Å². The molecular weight excluding hydrogens is 284 g/mol. The molecule has 4 heteroatoms. The molecule has 1 heterocycles. The first-order valence-electron chi connectivity index (χ1n) is 7.07. The van der Waals surface area contributed by atoms with Gasteiger partial charge in [0.15, 0.2) is 0 Å². The van der Waals surface area contributed by atoms with Crippen LogP contribution in [0.5, 0.6) is 0 Å². The van der Waals surface area contributed by atoms with E-state index in [-0.39, 0.29) is 5.91 Å². The van der Waals surface area contributed by atoms with Crippen molar-refractivity contribution in [2.75, 3.05) is 6.54 Å². The van der Waals surface area contributed by atoms with Crippen molar-refractivity contribution in [1.29, 1.82) is 0 Å². The highest BCUT2D eigenvalue weighted by molar-refractivity contribution is 6.31. The molecule has 0 aliphatic carbocycles. The Morgan fingerprint density at radius 1 is 1.24 bits per heavy atom. The van der Waals surface area contributed by atoms with E-state index < -0.39 is 0 Å². The fourth-order valence-electron chi connectivity index (χ4n) is 2.01. The maximum Gasteiger partial charge on any atom is 0.220 e. The topological polar surface area (TPSA) is 42.0 Å². The first kappa shape index (κ1) is 15.5. The van der Waals surface area contributed by atoms with Crippen molar-refractivity contribution in [2.45, 2.75) is 26.2 Å². The Balaban J connectivity index is 1.71. The van der Waals surface area contributed by atoms with E-state index in [2.05, 4.69) is 10.3 Å². The van der Waals surface area contributed by atoms with Gasteiger partial charge >= 0.3 is 0 Å². The lowest BCUT2D eigenvalue weighted by Gasteiger charge is -2.06. The molecule has 3 nitrogen and oxygen atoms in total. The van der Waals surface area contributed by atoms with E-state index in [9.17, 15) is 4.79 Å². The average molecular weight is 303 g/mol. The average Bonchev–Trinajstić information content (AvgIpc) is 2.49. The van der Waals surface area contributed by atoms with Gasteiger partial charge in [-0.2, -0.15) is 0 Å². The van der Waals surface area contributed by atoms with Gasteiger partial charge in [-0.25, -0.2) is 0 Å². The Hall–Kier alpha value is -1.87. The predicted octanol–water partition coefficient (Wildman–Crippen LogP) is 3.33. The van der Waals surface area contributed by atoms with Crippen LogP contribution >= 0.6 is 11.6 Å². The molecule has 1 N–H and O–H groups in total. The number of pyridine rings is 1. The lowest BCUT2D eigenvalue weighted by molar-refractivity contribution is -0.121. The molecule has 1 aromatic carbocycles. The number of carbonyl (C=O) groups is 1. The summed E-state index contributed by atoms with van der Waals surface area (Å²) in [6.45, 7) is 2.58. The Bertz CT molecular complexity index is 599. The third kappa shape index (κ3) is 5.20. The van der Waals surface area contributed by atoms with Gasteiger partial charge in [0.1, 0.15) is 0 Å². The smallest absolute Gasteiger partial charge is 0.220 e. The normalized spacial score (nSPS) is 10.4. The Kier molecular flexibility index (Phi) is 5.76. The van der Waals surface area contributed by atoms with Gasteiger partial charge in [-0.05, 0) is 42.7 Å². The standard InChI is InChI=1S/C17H19ClN2O/c1-13-5-6-14(12-16(13)18)7-8-17(21)20-11-9-15-4-2-3-10-19-15/h2-6,10,12H,7-9,11H2,1H3,(H,20,21). The molecule has 2 aromatic rings. The van der Waals surface area contributed by atoms with Crippen LogP contribution in [-0.4, -0.2) is 17.4 Å². The van der Waals surface area contributed by atoms with Gasteiger partial charge in [-0.3, -0.25) is 9.78 Å². The molecule has 0 atom stereocenters. The Morgan fingerprint density at radius 2 is 2.10 bits per heavy atom. The van der Waals surface area contributed by atoms with Gasteiger partial charge in [-0.1, -0.05) is 29.8 Å². The number of carbonyl (C=O) groups excluding carboxylic acids is 1. The van der Waals surface area contributed by atoms with Gasteiger partial charge in [0.05, 0.1) is 0 Å². The van der Waals surface area contributed by atoms with Crippen molar-refractivity contribution in [1.82, 2.24) is 10.3 Å². The zero-order valence-electron chi connectivity index (χ0n) is 12.1. The van der Waals surface area contributed by atoms with E-state index in [0.717, 1.165) is 28.3 Å². The number of nitrogens with zero attached hydrogens (tertiary/aromatic N) is 1. The zero-order valence-corrected chi connectivity index (χ0v) is 12.9. The second kappa shape index (κ2) is 7.79.